The van der Waals surface area contributed by atoms with Gasteiger partial charge in [-0.15, -0.1) is 0 Å². The first kappa shape index (κ1) is 25.4. The summed E-state index contributed by atoms with van der Waals surface area (Å²) >= 11 is 0. The maximum absolute atomic E-state index is 11.8. The molecular weight excluding hydrogens is 460 g/mol. The molecule has 0 radical (unpaired) electrons. The van der Waals surface area contributed by atoms with E-state index in [1.807, 2.05) is 0 Å². The summed E-state index contributed by atoms with van der Waals surface area (Å²) in [5.74, 6) is -0.623. The molecule has 4 rings (SSSR count). The lowest BCUT2D eigenvalue weighted by atomic mass is 10.1. The van der Waals surface area contributed by atoms with Crippen LogP contribution in [-0.4, -0.2) is 64.7 Å². The summed E-state index contributed by atoms with van der Waals surface area (Å²) in [7, 11) is 0. The molecule has 1 fully saturated rings. The monoisotopic (exact) mass is 484 g/mol. The maximum atomic E-state index is 11.8. The molecule has 35 heavy (non-hydrogen) atoms. The van der Waals surface area contributed by atoms with E-state index in [-0.39, 0.29) is 47.6 Å². The van der Waals surface area contributed by atoms with Crippen molar-refractivity contribution in [1.29, 1.82) is 0 Å². The number of aliphatic hydroxyl groups excluding tert-OH is 2. The fourth-order valence-corrected chi connectivity index (χ4v) is 3.19. The minimum Gasteiger partial charge on any atom is -0.508 e. The molecule has 1 saturated heterocycles. The summed E-state index contributed by atoms with van der Waals surface area (Å²) in [5, 5.41) is 46.1. The number of nitrogens with zero attached hydrogens (tertiary/aromatic N) is 3. The number of anilines is 1. The van der Waals surface area contributed by atoms with E-state index in [9.17, 15) is 24.9 Å². The van der Waals surface area contributed by atoms with E-state index in [4.69, 9.17) is 20.7 Å². The second-order valence-electron chi connectivity index (χ2n) is 7.55. The molecule has 0 aliphatic carbocycles. The Kier molecular flexibility index (Phi) is 8.15. The average molecular weight is 484 g/mol. The highest BCUT2D eigenvalue weighted by molar-refractivity contribution is 6.07. The van der Waals surface area contributed by atoms with Crippen molar-refractivity contribution in [3.63, 3.8) is 0 Å². The van der Waals surface area contributed by atoms with Gasteiger partial charge in [0.1, 0.15) is 35.9 Å². The Bertz CT molecular complexity index is 1240. The number of rotatable bonds is 5. The predicted octanol–water partition coefficient (Wildman–Crippen LogP) is 0.561. The summed E-state index contributed by atoms with van der Waals surface area (Å²) in [6, 6.07) is 10.1. The lowest BCUT2D eigenvalue weighted by Gasteiger charge is -2.13. The highest BCUT2D eigenvalue weighted by Gasteiger charge is 2.35. The number of nitrogens with two attached hydrogens (primary N) is 1. The zero-order chi connectivity index (χ0) is 25.5. The number of phenolic OH excluding ortho intramolecular Hbond substituents is 3. The van der Waals surface area contributed by atoms with E-state index < -0.39 is 24.1 Å². The number of phenols is 3. The number of nitrogen functional groups attached to an aromatic ring is 1. The second kappa shape index (κ2) is 11.2. The number of aromatic nitrogens is 3. The average Bonchev–Trinajstić information content (AvgIpc) is 3.18. The highest BCUT2D eigenvalue weighted by atomic mass is 16.5. The summed E-state index contributed by atoms with van der Waals surface area (Å²) < 4.78 is 6.41. The van der Waals surface area contributed by atoms with Crippen molar-refractivity contribution in [1.82, 2.24) is 14.5 Å². The fraction of sp³-hybridized carbons (Fsp3) is 0.217. The van der Waals surface area contributed by atoms with Crippen LogP contribution in [0.5, 0.6) is 17.2 Å². The van der Waals surface area contributed by atoms with Crippen LogP contribution in [0.2, 0.25) is 0 Å². The number of aliphatic hydroxyl groups is 2. The third-order valence-electron chi connectivity index (χ3n) is 4.95. The third-order valence-corrected chi connectivity index (χ3v) is 4.95. The summed E-state index contributed by atoms with van der Waals surface area (Å²) in [6.07, 6.45) is 2.18. The number of benzene rings is 2. The van der Waals surface area contributed by atoms with E-state index in [1.165, 1.54) is 36.7 Å². The van der Waals surface area contributed by atoms with Crippen LogP contribution >= 0.6 is 0 Å². The molecule has 184 valence electrons. The van der Waals surface area contributed by atoms with E-state index in [2.05, 4.69) is 9.97 Å². The van der Waals surface area contributed by atoms with Crippen LogP contribution in [0, 0.1) is 0 Å². The van der Waals surface area contributed by atoms with Crippen LogP contribution in [-0.2, 0) is 4.74 Å². The Labute approximate surface area is 198 Å². The van der Waals surface area contributed by atoms with Gasteiger partial charge in [-0.05, 0) is 35.9 Å². The van der Waals surface area contributed by atoms with Crippen molar-refractivity contribution in [3.8, 4) is 17.2 Å². The third kappa shape index (κ3) is 6.86. The van der Waals surface area contributed by atoms with E-state index >= 15 is 0 Å². The van der Waals surface area contributed by atoms with Crippen LogP contribution < -0.4 is 11.4 Å². The van der Waals surface area contributed by atoms with Crippen molar-refractivity contribution >= 4 is 17.8 Å². The van der Waals surface area contributed by atoms with E-state index in [0.29, 0.717) is 0 Å². The first-order chi connectivity index (χ1) is 16.7. The number of ketones is 1. The van der Waals surface area contributed by atoms with Gasteiger partial charge in [0.2, 0.25) is 5.95 Å². The molecule has 0 bridgehead atoms. The van der Waals surface area contributed by atoms with Crippen molar-refractivity contribution < 1.29 is 35.1 Å². The van der Waals surface area contributed by atoms with Crippen molar-refractivity contribution in [3.05, 3.63) is 76.5 Å². The molecule has 3 aromatic rings. The van der Waals surface area contributed by atoms with Gasteiger partial charge >= 0.3 is 5.69 Å². The summed E-state index contributed by atoms with van der Waals surface area (Å²) in [4.78, 5) is 30.4. The Morgan fingerprint density at radius 2 is 1.77 bits per heavy atom. The van der Waals surface area contributed by atoms with Crippen LogP contribution in [0.25, 0.3) is 6.08 Å². The Morgan fingerprint density at radius 1 is 1.11 bits per heavy atom. The molecule has 12 heteroatoms. The van der Waals surface area contributed by atoms with Gasteiger partial charge in [-0.25, -0.2) is 9.78 Å². The minimum atomic E-state index is -0.806. The molecule has 7 N–H and O–H groups in total. The van der Waals surface area contributed by atoms with Gasteiger partial charge in [-0.1, -0.05) is 18.2 Å². The topological polar surface area (TPSA) is 201 Å². The van der Waals surface area contributed by atoms with Gasteiger partial charge < -0.3 is 36.0 Å². The molecule has 0 spiro atoms. The zero-order valence-corrected chi connectivity index (χ0v) is 18.3. The number of carbonyl (C=O) groups is 1. The van der Waals surface area contributed by atoms with Gasteiger partial charge in [-0.2, -0.15) is 4.98 Å². The van der Waals surface area contributed by atoms with Gasteiger partial charge in [0.25, 0.3) is 0 Å². The van der Waals surface area contributed by atoms with Crippen molar-refractivity contribution in [2.45, 2.75) is 24.9 Å². The van der Waals surface area contributed by atoms with Crippen LogP contribution in [0.4, 0.5) is 5.95 Å². The first-order valence-corrected chi connectivity index (χ1v) is 10.4. The van der Waals surface area contributed by atoms with Gasteiger partial charge in [-0.3, -0.25) is 9.36 Å². The lowest BCUT2D eigenvalue weighted by Crippen LogP contribution is -2.28. The van der Waals surface area contributed by atoms with Crippen LogP contribution in [0.1, 0.15) is 28.6 Å². The van der Waals surface area contributed by atoms with Gasteiger partial charge in [0, 0.05) is 18.1 Å². The molecule has 2 aromatic carbocycles. The number of hydrogen-bond acceptors (Lipinski definition) is 11. The van der Waals surface area contributed by atoms with Gasteiger partial charge in [0.15, 0.2) is 5.78 Å². The molecule has 3 atom stereocenters. The molecule has 0 unspecified atom stereocenters. The smallest absolute Gasteiger partial charge is 0.354 e. The Morgan fingerprint density at radius 3 is 2.34 bits per heavy atom. The molecule has 1 aromatic heterocycles. The van der Waals surface area contributed by atoms with Crippen LogP contribution in [0.3, 0.4) is 0 Å². The van der Waals surface area contributed by atoms with E-state index in [1.54, 1.807) is 18.2 Å². The summed E-state index contributed by atoms with van der Waals surface area (Å²) in [5.41, 5.74) is 5.61. The van der Waals surface area contributed by atoms with E-state index in [0.717, 1.165) is 16.2 Å². The standard InChI is InChI=1S/C15H12O4.C8H12N4O4/c16-12-4-1-10(2-5-12)3-6-15(19)11-7-13(17)9-14(18)8-11;9-7-10-3-12(8(15)11-7)6-1-4(14)5(2-13)16-6/h1-9,16-18H;3-6,13-14H,1-2H2,(H2,9,11,15)/b6-3+;/t;4-,5+,6+/m.0/s1. The number of carbonyl (C=O) groups excluding carboxylic acids is 1. The first-order valence-electron chi connectivity index (χ1n) is 10.4. The van der Waals surface area contributed by atoms with Crippen LogP contribution in [0.15, 0.2) is 59.7 Å². The number of ether oxygens (including phenoxy) is 1. The SMILES string of the molecule is Nc1ncn([C@H]2C[C@H](O)[C@@H](CO)O2)c(=O)n1.O=C(/C=C/c1ccc(O)cc1)c1cc(O)cc(O)c1. The molecule has 1 aliphatic heterocycles. The molecule has 0 saturated carbocycles. The van der Waals surface area contributed by atoms with Gasteiger partial charge in [0.05, 0.1) is 12.7 Å². The molecule has 2 heterocycles. The molecule has 12 nitrogen and oxygen atoms in total. The Balaban J connectivity index is 0.000000198. The molecular formula is C23H24N4O8. The quantitative estimate of drug-likeness (QED) is 0.218. The fourth-order valence-electron chi connectivity index (χ4n) is 3.19. The molecule has 0 amide bonds. The second-order valence-corrected chi connectivity index (χ2v) is 7.55. The predicted molar refractivity (Wildman–Crippen MR) is 124 cm³/mol. The van der Waals surface area contributed by atoms with Crippen molar-refractivity contribution in [2.24, 2.45) is 0 Å². The largest absolute Gasteiger partial charge is 0.508 e. The Hall–Kier alpha value is -4.26. The normalized spacial score (nSPS) is 19.3. The lowest BCUT2D eigenvalue weighted by molar-refractivity contribution is -0.0462. The zero-order valence-electron chi connectivity index (χ0n) is 18.3. The summed E-state index contributed by atoms with van der Waals surface area (Å²) in [6.45, 7) is -0.303. The minimum absolute atomic E-state index is 0.112. The highest BCUT2D eigenvalue weighted by Crippen LogP contribution is 2.27. The molecule has 1 aliphatic rings. The number of hydrogen-bond donors (Lipinski definition) is 6. The maximum Gasteiger partial charge on any atom is 0.354 e. The number of allylic oxidation sites excluding steroid dienone is 1. The number of aromatic hydroxyl groups is 3. The van der Waals surface area contributed by atoms with Crippen molar-refractivity contribution in [2.75, 3.05) is 12.3 Å².